The molecule has 0 aliphatic rings. The molecule has 0 aromatic carbocycles. The van der Waals surface area contributed by atoms with Crippen LogP contribution in [0, 0.1) is 0 Å². The van der Waals surface area contributed by atoms with Crippen molar-refractivity contribution in [3.63, 3.8) is 0 Å². The first kappa shape index (κ1) is 6.66. The molecule has 1 aromatic rings. The Bertz CT molecular complexity index is 330. The summed E-state index contributed by atoms with van der Waals surface area (Å²) in [4.78, 5) is 21.6. The van der Waals surface area contributed by atoms with Gasteiger partial charge in [-0.05, 0) is 0 Å². The van der Waals surface area contributed by atoms with Gasteiger partial charge >= 0.3 is 11.4 Å². The SMILES string of the molecule is CNn1c(=O)[nH]n(C)c1=O. The van der Waals surface area contributed by atoms with Crippen LogP contribution in [0.5, 0.6) is 0 Å². The molecule has 0 fully saturated rings. The molecule has 1 aromatic heterocycles. The maximum atomic E-state index is 10.9. The number of hydrogen-bond donors (Lipinski definition) is 2. The van der Waals surface area contributed by atoms with Crippen molar-refractivity contribution in [2.24, 2.45) is 7.05 Å². The summed E-state index contributed by atoms with van der Waals surface area (Å²) >= 11 is 0. The molecule has 6 nitrogen and oxygen atoms in total. The van der Waals surface area contributed by atoms with Crippen LogP contribution in [0.15, 0.2) is 9.59 Å². The lowest BCUT2D eigenvalue weighted by Gasteiger charge is -1.91. The second-order valence-corrected chi connectivity index (χ2v) is 1.82. The van der Waals surface area contributed by atoms with Gasteiger partial charge in [0, 0.05) is 14.1 Å². The largest absolute Gasteiger partial charge is 0.365 e. The highest BCUT2D eigenvalue weighted by molar-refractivity contribution is 4.71. The Morgan fingerprint density at radius 2 is 2.10 bits per heavy atom. The summed E-state index contributed by atoms with van der Waals surface area (Å²) in [6.07, 6.45) is 0. The molecule has 0 radical (unpaired) electrons. The normalized spacial score (nSPS) is 9.80. The van der Waals surface area contributed by atoms with Gasteiger partial charge in [-0.15, -0.1) is 0 Å². The van der Waals surface area contributed by atoms with Crippen LogP contribution >= 0.6 is 0 Å². The van der Waals surface area contributed by atoms with Crippen molar-refractivity contribution >= 4 is 0 Å². The lowest BCUT2D eigenvalue weighted by Crippen LogP contribution is -2.33. The minimum absolute atomic E-state index is 0.410. The van der Waals surface area contributed by atoms with E-state index in [9.17, 15) is 9.59 Å². The molecule has 6 heteroatoms. The fourth-order valence-corrected chi connectivity index (χ4v) is 0.675. The van der Waals surface area contributed by atoms with E-state index in [4.69, 9.17) is 0 Å². The second kappa shape index (κ2) is 2.05. The lowest BCUT2D eigenvalue weighted by atomic mass is 11.1. The van der Waals surface area contributed by atoms with Crippen molar-refractivity contribution in [1.82, 2.24) is 14.5 Å². The van der Waals surface area contributed by atoms with Crippen LogP contribution in [0.25, 0.3) is 0 Å². The van der Waals surface area contributed by atoms with Gasteiger partial charge in [0.1, 0.15) is 0 Å². The molecule has 0 aliphatic carbocycles. The van der Waals surface area contributed by atoms with Gasteiger partial charge in [0.05, 0.1) is 0 Å². The van der Waals surface area contributed by atoms with Crippen LogP contribution in [-0.4, -0.2) is 21.5 Å². The van der Waals surface area contributed by atoms with Gasteiger partial charge in [-0.1, -0.05) is 0 Å². The van der Waals surface area contributed by atoms with E-state index >= 15 is 0 Å². The van der Waals surface area contributed by atoms with E-state index in [0.29, 0.717) is 0 Å². The summed E-state index contributed by atoms with van der Waals surface area (Å²) in [5.41, 5.74) is 1.55. The molecular weight excluding hydrogens is 136 g/mol. The zero-order valence-electron chi connectivity index (χ0n) is 5.71. The van der Waals surface area contributed by atoms with E-state index in [1.54, 1.807) is 0 Å². The molecule has 0 unspecified atom stereocenters. The van der Waals surface area contributed by atoms with Crippen LogP contribution < -0.4 is 16.8 Å². The number of hydrogen-bond acceptors (Lipinski definition) is 3. The van der Waals surface area contributed by atoms with Gasteiger partial charge in [-0.3, -0.25) is 0 Å². The smallest absolute Gasteiger partial charge is 0.320 e. The van der Waals surface area contributed by atoms with E-state index in [0.717, 1.165) is 9.36 Å². The Kier molecular flexibility index (Phi) is 1.37. The molecule has 1 rings (SSSR count). The third-order valence-corrected chi connectivity index (χ3v) is 1.17. The maximum Gasteiger partial charge on any atom is 0.365 e. The molecule has 1 heterocycles. The van der Waals surface area contributed by atoms with Crippen LogP contribution in [-0.2, 0) is 7.05 Å². The molecule has 0 amide bonds. The monoisotopic (exact) mass is 144 g/mol. The molecule has 0 spiro atoms. The van der Waals surface area contributed by atoms with E-state index < -0.39 is 11.4 Å². The number of aromatic amines is 1. The number of aryl methyl sites for hydroxylation is 1. The number of nitrogens with one attached hydrogen (secondary N) is 2. The Labute approximate surface area is 56.0 Å². The van der Waals surface area contributed by atoms with Gasteiger partial charge in [0.15, 0.2) is 0 Å². The molecule has 2 N–H and O–H groups in total. The summed E-state index contributed by atoms with van der Waals surface area (Å²) < 4.78 is 1.97. The highest BCUT2D eigenvalue weighted by Gasteiger charge is 2.01. The molecule has 0 aliphatic heterocycles. The van der Waals surface area contributed by atoms with E-state index in [-0.39, 0.29) is 0 Å². The van der Waals surface area contributed by atoms with E-state index in [2.05, 4.69) is 10.5 Å². The van der Waals surface area contributed by atoms with Gasteiger partial charge in [-0.2, -0.15) is 4.68 Å². The standard InChI is InChI=1S/C4H8N4O2/c1-5-8-3(9)6-7(2)4(8)10/h5H,1-2H3,(H,6,9). The van der Waals surface area contributed by atoms with Crippen molar-refractivity contribution in [3.05, 3.63) is 21.0 Å². The highest BCUT2D eigenvalue weighted by atomic mass is 16.2. The first-order chi connectivity index (χ1) is 4.66. The van der Waals surface area contributed by atoms with Crippen molar-refractivity contribution in [3.8, 4) is 0 Å². The van der Waals surface area contributed by atoms with Crippen molar-refractivity contribution in [1.29, 1.82) is 0 Å². The summed E-state index contributed by atoms with van der Waals surface area (Å²) in [5.74, 6) is 0. The van der Waals surface area contributed by atoms with Crippen LogP contribution in [0.3, 0.4) is 0 Å². The number of H-pyrrole nitrogens is 1. The Morgan fingerprint density at radius 1 is 1.50 bits per heavy atom. The summed E-state index contributed by atoms with van der Waals surface area (Å²) in [6.45, 7) is 0. The Hall–Kier alpha value is -1.46. The van der Waals surface area contributed by atoms with Gasteiger partial charge in [0.25, 0.3) is 0 Å². The predicted octanol–water partition coefficient (Wildman–Crippen LogP) is -1.95. The summed E-state index contributed by atoms with van der Waals surface area (Å²) in [6, 6.07) is 0. The number of rotatable bonds is 1. The molecule has 10 heavy (non-hydrogen) atoms. The zero-order valence-corrected chi connectivity index (χ0v) is 5.71. The third kappa shape index (κ3) is 0.734. The fourth-order valence-electron chi connectivity index (χ4n) is 0.675. The minimum atomic E-state index is -0.463. The predicted molar refractivity (Wildman–Crippen MR) is 35.6 cm³/mol. The van der Waals surface area contributed by atoms with Crippen molar-refractivity contribution in [2.45, 2.75) is 0 Å². The second-order valence-electron chi connectivity index (χ2n) is 1.82. The average Bonchev–Trinajstić information content (AvgIpc) is 2.09. The topological polar surface area (TPSA) is 71.8 Å². The number of nitrogens with zero attached hydrogens (tertiary/aromatic N) is 2. The van der Waals surface area contributed by atoms with Crippen molar-refractivity contribution < 1.29 is 0 Å². The van der Waals surface area contributed by atoms with Gasteiger partial charge in [-0.25, -0.2) is 19.4 Å². The van der Waals surface area contributed by atoms with Gasteiger partial charge in [0.2, 0.25) is 0 Å². The average molecular weight is 144 g/mol. The molecular formula is C4H8N4O2. The number of aromatic nitrogens is 3. The Morgan fingerprint density at radius 3 is 2.30 bits per heavy atom. The van der Waals surface area contributed by atoms with Crippen LogP contribution in [0.4, 0.5) is 0 Å². The van der Waals surface area contributed by atoms with E-state index in [1.807, 2.05) is 0 Å². The molecule has 56 valence electrons. The quantitative estimate of drug-likeness (QED) is 0.481. The lowest BCUT2D eigenvalue weighted by molar-refractivity contribution is 0.716. The molecule has 0 saturated carbocycles. The minimum Gasteiger partial charge on any atom is -0.320 e. The molecule has 0 atom stereocenters. The van der Waals surface area contributed by atoms with Gasteiger partial charge < -0.3 is 5.43 Å². The summed E-state index contributed by atoms with van der Waals surface area (Å²) in [5, 5.41) is 2.28. The van der Waals surface area contributed by atoms with E-state index in [1.165, 1.54) is 14.1 Å². The summed E-state index contributed by atoms with van der Waals surface area (Å²) in [7, 11) is 2.97. The van der Waals surface area contributed by atoms with Crippen LogP contribution in [0.2, 0.25) is 0 Å². The third-order valence-electron chi connectivity index (χ3n) is 1.17. The Balaban J connectivity index is 3.49. The molecule has 0 bridgehead atoms. The first-order valence-electron chi connectivity index (χ1n) is 2.72. The first-order valence-corrected chi connectivity index (χ1v) is 2.72. The fraction of sp³-hybridized carbons (Fsp3) is 0.500. The maximum absolute atomic E-state index is 10.9. The van der Waals surface area contributed by atoms with Crippen LogP contribution in [0.1, 0.15) is 0 Å². The van der Waals surface area contributed by atoms with Crippen molar-refractivity contribution in [2.75, 3.05) is 12.5 Å². The zero-order chi connectivity index (χ0) is 7.72. The molecule has 0 saturated heterocycles. The highest BCUT2D eigenvalue weighted by Crippen LogP contribution is 1.56.